The number of hydrogen-bond acceptors (Lipinski definition) is 2. The van der Waals surface area contributed by atoms with Crippen molar-refractivity contribution in [1.29, 1.82) is 0 Å². The number of aryl methyl sites for hydroxylation is 1. The van der Waals surface area contributed by atoms with E-state index in [1.165, 1.54) is 0 Å². The molecule has 1 atom stereocenters. The van der Waals surface area contributed by atoms with Crippen LogP contribution in [0.4, 0.5) is 0 Å². The average Bonchev–Trinajstić information content (AvgIpc) is 3.49. The minimum atomic E-state index is -0.196. The Hall–Kier alpha value is -2.56. The molecule has 1 heterocycles. The molecule has 1 saturated carbocycles. The first kappa shape index (κ1) is 21.2. The number of benzene rings is 1. The fourth-order valence-electron chi connectivity index (χ4n) is 3.89. The second-order valence-electron chi connectivity index (χ2n) is 7.99. The summed E-state index contributed by atoms with van der Waals surface area (Å²) < 4.78 is 2.06. The molecule has 0 unspecified atom stereocenters. The zero-order valence-corrected chi connectivity index (χ0v) is 17.9. The number of amides is 2. The highest BCUT2D eigenvalue weighted by molar-refractivity contribution is 5.88. The zero-order chi connectivity index (χ0) is 20.8. The van der Waals surface area contributed by atoms with Crippen molar-refractivity contribution >= 4 is 11.8 Å². The van der Waals surface area contributed by atoms with E-state index in [1.54, 1.807) is 4.90 Å². The van der Waals surface area contributed by atoms with E-state index in [-0.39, 0.29) is 24.3 Å². The fraction of sp³-hybridized carbons (Fsp3) is 0.500. The number of nitrogens with zero attached hydrogens (tertiary/aromatic N) is 3. The van der Waals surface area contributed by atoms with E-state index >= 15 is 0 Å². The first-order valence-corrected chi connectivity index (χ1v) is 10.8. The van der Waals surface area contributed by atoms with Gasteiger partial charge in [0.2, 0.25) is 11.8 Å². The third-order valence-electron chi connectivity index (χ3n) is 5.73. The molecule has 0 spiro atoms. The van der Waals surface area contributed by atoms with Crippen molar-refractivity contribution < 1.29 is 9.59 Å². The van der Waals surface area contributed by atoms with Crippen LogP contribution in [-0.4, -0.2) is 45.3 Å². The predicted molar refractivity (Wildman–Crippen MR) is 115 cm³/mol. The van der Waals surface area contributed by atoms with Crippen molar-refractivity contribution in [2.24, 2.45) is 7.05 Å². The van der Waals surface area contributed by atoms with Gasteiger partial charge < -0.3 is 14.4 Å². The van der Waals surface area contributed by atoms with Crippen LogP contribution in [0.3, 0.4) is 0 Å². The van der Waals surface area contributed by atoms with Crippen molar-refractivity contribution in [2.45, 2.75) is 58.0 Å². The lowest BCUT2D eigenvalue weighted by atomic mass is 9.95. The first-order valence-electron chi connectivity index (χ1n) is 10.8. The highest BCUT2D eigenvalue weighted by Gasteiger charge is 2.35. The van der Waals surface area contributed by atoms with Gasteiger partial charge in [-0.05, 0) is 43.4 Å². The van der Waals surface area contributed by atoms with E-state index in [4.69, 9.17) is 0 Å². The highest BCUT2D eigenvalue weighted by atomic mass is 16.2. The Morgan fingerprint density at radius 1 is 1.10 bits per heavy atom. The fourth-order valence-corrected chi connectivity index (χ4v) is 3.89. The molecule has 0 aliphatic heterocycles. The third-order valence-corrected chi connectivity index (χ3v) is 5.73. The minimum absolute atomic E-state index is 0.0541. The van der Waals surface area contributed by atoms with Crippen LogP contribution < -0.4 is 0 Å². The summed E-state index contributed by atoms with van der Waals surface area (Å²) in [7, 11) is 2.00. The maximum atomic E-state index is 13.3. The van der Waals surface area contributed by atoms with E-state index in [0.29, 0.717) is 19.1 Å². The van der Waals surface area contributed by atoms with Crippen LogP contribution >= 0.6 is 0 Å². The smallest absolute Gasteiger partial charge is 0.242 e. The number of carbonyl (C=O) groups excluding carboxylic acids is 2. The van der Waals surface area contributed by atoms with E-state index in [0.717, 1.165) is 36.9 Å². The second-order valence-corrected chi connectivity index (χ2v) is 7.99. The van der Waals surface area contributed by atoms with E-state index in [2.05, 4.69) is 17.6 Å². The number of hydrogen-bond donors (Lipinski definition) is 0. The number of aromatic nitrogens is 1. The summed E-state index contributed by atoms with van der Waals surface area (Å²) in [5.74, 6) is -0.0836. The molecule has 0 bridgehead atoms. The van der Waals surface area contributed by atoms with Crippen LogP contribution in [0.15, 0.2) is 48.7 Å². The van der Waals surface area contributed by atoms with Gasteiger partial charge in [-0.25, -0.2) is 0 Å². The lowest BCUT2D eigenvalue weighted by Crippen LogP contribution is -2.45. The third kappa shape index (κ3) is 5.28. The molecule has 5 heteroatoms. The summed E-state index contributed by atoms with van der Waals surface area (Å²) in [6.07, 6.45) is 5.68. The van der Waals surface area contributed by atoms with Gasteiger partial charge in [-0.15, -0.1) is 0 Å². The Kier molecular flexibility index (Phi) is 7.13. The van der Waals surface area contributed by atoms with Crippen LogP contribution in [0.1, 0.15) is 56.7 Å². The Labute approximate surface area is 174 Å². The molecule has 2 amide bonds. The zero-order valence-electron chi connectivity index (χ0n) is 17.9. The van der Waals surface area contributed by atoms with Crippen LogP contribution in [0.2, 0.25) is 0 Å². The Morgan fingerprint density at radius 2 is 1.83 bits per heavy atom. The molecule has 0 N–H and O–H groups in total. The molecule has 1 fully saturated rings. The summed E-state index contributed by atoms with van der Waals surface area (Å²) in [6, 6.07) is 14.3. The first-order chi connectivity index (χ1) is 14.0. The number of carbonyl (C=O) groups is 2. The predicted octanol–water partition coefficient (Wildman–Crippen LogP) is 3.95. The molecule has 1 aliphatic carbocycles. The summed E-state index contributed by atoms with van der Waals surface area (Å²) in [6.45, 7) is 5.47. The Bertz CT molecular complexity index is 811. The molecule has 29 heavy (non-hydrogen) atoms. The molecule has 5 nitrogen and oxygen atoms in total. The van der Waals surface area contributed by atoms with E-state index in [9.17, 15) is 9.59 Å². The van der Waals surface area contributed by atoms with Crippen LogP contribution in [-0.2, 0) is 23.2 Å². The topological polar surface area (TPSA) is 45.6 Å². The molecule has 1 aliphatic rings. The quantitative estimate of drug-likeness (QED) is 0.611. The van der Waals surface area contributed by atoms with Crippen molar-refractivity contribution in [3.05, 3.63) is 59.9 Å². The number of rotatable bonds is 10. The van der Waals surface area contributed by atoms with Crippen LogP contribution in [0.25, 0.3) is 0 Å². The minimum Gasteiger partial charge on any atom is -0.353 e. The molecule has 3 rings (SSSR count). The molecule has 0 radical (unpaired) electrons. The maximum Gasteiger partial charge on any atom is 0.242 e. The van der Waals surface area contributed by atoms with Gasteiger partial charge >= 0.3 is 0 Å². The molecular weight excluding hydrogens is 362 g/mol. The van der Waals surface area contributed by atoms with Gasteiger partial charge in [0.05, 0.1) is 19.0 Å². The summed E-state index contributed by atoms with van der Waals surface area (Å²) in [4.78, 5) is 30.3. The van der Waals surface area contributed by atoms with Gasteiger partial charge in [0.1, 0.15) is 0 Å². The summed E-state index contributed by atoms with van der Waals surface area (Å²) in [5, 5.41) is 0. The molecule has 1 aromatic heterocycles. The van der Waals surface area contributed by atoms with Gasteiger partial charge in [0.15, 0.2) is 0 Å². The standard InChI is InChI=1S/C24H33N3O2/c1-4-15-26(24(29)22(5-2)19-10-7-6-8-11-19)18-23(28)27(20-13-14-20)17-21-12-9-16-25(21)3/h6-12,16,20,22H,4-5,13-15,17-18H2,1-3H3/t22-/m0/s1. The lowest BCUT2D eigenvalue weighted by molar-refractivity contribution is -0.142. The summed E-state index contributed by atoms with van der Waals surface area (Å²) >= 11 is 0. The van der Waals surface area contributed by atoms with Gasteiger partial charge in [-0.3, -0.25) is 9.59 Å². The highest BCUT2D eigenvalue weighted by Crippen LogP contribution is 2.29. The van der Waals surface area contributed by atoms with Crippen molar-refractivity contribution in [3.63, 3.8) is 0 Å². The largest absolute Gasteiger partial charge is 0.353 e. The monoisotopic (exact) mass is 395 g/mol. The maximum absolute atomic E-state index is 13.3. The van der Waals surface area contributed by atoms with E-state index < -0.39 is 0 Å². The molecule has 1 aromatic carbocycles. The normalized spacial score (nSPS) is 14.4. The van der Waals surface area contributed by atoms with Crippen molar-refractivity contribution in [2.75, 3.05) is 13.1 Å². The van der Waals surface area contributed by atoms with Crippen LogP contribution in [0.5, 0.6) is 0 Å². The van der Waals surface area contributed by atoms with Crippen molar-refractivity contribution in [3.8, 4) is 0 Å². The van der Waals surface area contributed by atoms with Gasteiger partial charge in [-0.1, -0.05) is 44.2 Å². The second kappa shape index (κ2) is 9.77. The average molecular weight is 396 g/mol. The Balaban J connectivity index is 1.73. The molecule has 2 aromatic rings. The van der Waals surface area contributed by atoms with Crippen molar-refractivity contribution in [1.82, 2.24) is 14.4 Å². The lowest BCUT2D eigenvalue weighted by Gasteiger charge is -2.30. The summed E-state index contributed by atoms with van der Waals surface area (Å²) in [5.41, 5.74) is 2.14. The van der Waals surface area contributed by atoms with Crippen LogP contribution in [0, 0.1) is 0 Å². The SMILES string of the molecule is CCCN(CC(=O)N(Cc1cccn1C)C1CC1)C(=O)[C@@H](CC)c1ccccc1. The molecular formula is C24H33N3O2. The molecule has 0 saturated heterocycles. The molecule has 156 valence electrons. The van der Waals surface area contributed by atoms with E-state index in [1.807, 2.05) is 61.5 Å². The van der Waals surface area contributed by atoms with Gasteiger partial charge in [0, 0.05) is 31.5 Å². The van der Waals surface area contributed by atoms with Gasteiger partial charge in [0.25, 0.3) is 0 Å². The van der Waals surface area contributed by atoms with Gasteiger partial charge in [-0.2, -0.15) is 0 Å². The Morgan fingerprint density at radius 3 is 2.38 bits per heavy atom.